The number of aromatic nitrogens is 5. The number of fused-ring (bicyclic) bond motifs is 1. The molecule has 0 aliphatic rings. The molecule has 0 aromatic carbocycles. The summed E-state index contributed by atoms with van der Waals surface area (Å²) in [7, 11) is 1.56. The molecule has 0 bridgehead atoms. The Hall–Kier alpha value is -6.18. The Morgan fingerprint density at radius 3 is 1.94 bits per heavy atom. The summed E-state index contributed by atoms with van der Waals surface area (Å²) in [6.45, 7) is 14.3. The first-order valence-electron chi connectivity index (χ1n) is 17.3. The van der Waals surface area contributed by atoms with Crippen LogP contribution in [0.3, 0.4) is 0 Å². The number of Topliss-reactive ketones (excluding diaryl/α,β-unsaturated/α-hetero) is 1. The molecular weight excluding hydrogens is 688 g/mol. The lowest BCUT2D eigenvalue weighted by atomic mass is 10.0. The summed E-state index contributed by atoms with van der Waals surface area (Å²) in [5, 5.41) is 6.30. The lowest BCUT2D eigenvalue weighted by Crippen LogP contribution is -2.42. The molecule has 286 valence electrons. The molecular formula is C40H50N8O6. The van der Waals surface area contributed by atoms with Gasteiger partial charge < -0.3 is 30.6 Å². The molecule has 54 heavy (non-hydrogen) atoms. The van der Waals surface area contributed by atoms with Crippen LogP contribution >= 0.6 is 0 Å². The van der Waals surface area contributed by atoms with Crippen molar-refractivity contribution in [2.45, 2.75) is 85.1 Å². The number of nitrogens with zero attached hydrogens (tertiary/aromatic N) is 5. The van der Waals surface area contributed by atoms with Gasteiger partial charge in [-0.2, -0.15) is 0 Å². The predicted molar refractivity (Wildman–Crippen MR) is 208 cm³/mol. The molecule has 0 saturated carbocycles. The third-order valence-electron chi connectivity index (χ3n) is 7.06. The van der Waals surface area contributed by atoms with Crippen molar-refractivity contribution in [1.82, 2.24) is 35.6 Å². The van der Waals surface area contributed by atoms with Crippen LogP contribution in [0, 0.1) is 0 Å². The number of pyridine rings is 5. The topological polar surface area (TPSA) is 193 Å². The second kappa shape index (κ2) is 19.6. The Morgan fingerprint density at radius 2 is 1.39 bits per heavy atom. The summed E-state index contributed by atoms with van der Waals surface area (Å²) in [4.78, 5) is 56.8. The molecule has 4 N–H and O–H groups in total. The van der Waals surface area contributed by atoms with Crippen LogP contribution in [0.1, 0.15) is 72.8 Å². The Balaban J connectivity index is 0.000000244. The number of rotatable bonds is 8. The van der Waals surface area contributed by atoms with Crippen molar-refractivity contribution in [3.8, 4) is 17.0 Å². The SMILES string of the molecule is CC(NC(=O)OC(C)(C)C)C(=O)Cc1ccccn1.CC(NC(=O)OC(C)(C)C)c1nc2ccncc2cc1-c1ccccn1.COc1cnccc1N. The quantitative estimate of drug-likeness (QED) is 0.147. The Kier molecular flexibility index (Phi) is 15.3. The maximum atomic E-state index is 12.2. The van der Waals surface area contributed by atoms with Crippen LogP contribution in [-0.2, 0) is 20.7 Å². The number of nitrogens with one attached hydrogen (secondary N) is 2. The third kappa shape index (κ3) is 14.4. The number of ether oxygens (including phenoxy) is 3. The molecule has 0 aliphatic carbocycles. The first-order valence-corrected chi connectivity index (χ1v) is 17.3. The van der Waals surface area contributed by atoms with Crippen molar-refractivity contribution in [3.63, 3.8) is 0 Å². The van der Waals surface area contributed by atoms with Crippen LogP contribution in [0.5, 0.6) is 5.75 Å². The zero-order valence-corrected chi connectivity index (χ0v) is 32.3. The van der Waals surface area contributed by atoms with Crippen molar-refractivity contribution in [3.05, 3.63) is 103 Å². The molecule has 2 unspecified atom stereocenters. The smallest absolute Gasteiger partial charge is 0.408 e. The van der Waals surface area contributed by atoms with Gasteiger partial charge in [0.05, 0.1) is 54.4 Å². The van der Waals surface area contributed by atoms with Gasteiger partial charge in [-0.15, -0.1) is 0 Å². The maximum Gasteiger partial charge on any atom is 0.408 e. The molecule has 5 heterocycles. The zero-order valence-electron chi connectivity index (χ0n) is 32.3. The number of hydrogen-bond acceptors (Lipinski definition) is 12. The van der Waals surface area contributed by atoms with E-state index >= 15 is 0 Å². The number of hydrogen-bond donors (Lipinski definition) is 3. The van der Waals surface area contributed by atoms with Crippen molar-refractivity contribution in [1.29, 1.82) is 0 Å². The van der Waals surface area contributed by atoms with Gasteiger partial charge in [0, 0.05) is 47.6 Å². The predicted octanol–water partition coefficient (Wildman–Crippen LogP) is 7.06. The molecule has 5 rings (SSSR count). The standard InChI is InChI=1S/C20H22N4O2.C14H20N2O3.C6H8N2O/c1-13(23-19(25)26-20(2,3)4)18-15(17-7-5-6-9-22-17)11-14-12-21-10-8-16(14)24-18;1-10(16-13(18)19-14(2,3)4)12(17)9-11-7-5-6-8-15-11;1-9-6-4-8-3-2-5(6)7/h5-13H,1-4H3,(H,23,25);5-8,10H,9H2,1-4H3,(H,16,18);2-4H,1H3,(H2,7,8). The molecule has 5 aromatic heterocycles. The van der Waals surface area contributed by atoms with E-state index in [9.17, 15) is 14.4 Å². The van der Waals surface area contributed by atoms with E-state index in [1.807, 2.05) is 64.1 Å². The average Bonchev–Trinajstić information content (AvgIpc) is 3.11. The molecule has 0 saturated heterocycles. The number of amides is 2. The highest BCUT2D eigenvalue weighted by Gasteiger charge is 2.23. The van der Waals surface area contributed by atoms with E-state index in [0.717, 1.165) is 27.9 Å². The molecule has 0 radical (unpaired) electrons. The average molecular weight is 739 g/mol. The fourth-order valence-electron chi connectivity index (χ4n) is 4.60. The Bertz CT molecular complexity index is 1970. The number of anilines is 1. The molecule has 0 fully saturated rings. The highest BCUT2D eigenvalue weighted by atomic mass is 16.6. The summed E-state index contributed by atoms with van der Waals surface area (Å²) in [6, 6.07) is 15.7. The van der Waals surface area contributed by atoms with E-state index in [1.54, 1.807) is 90.2 Å². The number of nitrogens with two attached hydrogens (primary N) is 1. The molecule has 0 spiro atoms. The van der Waals surface area contributed by atoms with Gasteiger partial charge in [-0.25, -0.2) is 14.6 Å². The van der Waals surface area contributed by atoms with Gasteiger partial charge in [0.1, 0.15) is 11.2 Å². The van der Waals surface area contributed by atoms with Gasteiger partial charge in [0.15, 0.2) is 11.5 Å². The fourth-order valence-corrected chi connectivity index (χ4v) is 4.60. The van der Waals surface area contributed by atoms with Crippen molar-refractivity contribution in [2.75, 3.05) is 12.8 Å². The third-order valence-corrected chi connectivity index (χ3v) is 7.06. The fraction of sp³-hybridized carbons (Fsp3) is 0.350. The summed E-state index contributed by atoms with van der Waals surface area (Å²) in [5.74, 6) is 0.516. The van der Waals surface area contributed by atoms with E-state index in [-0.39, 0.29) is 18.2 Å². The lowest BCUT2D eigenvalue weighted by Gasteiger charge is -2.23. The van der Waals surface area contributed by atoms with Crippen LogP contribution < -0.4 is 21.1 Å². The van der Waals surface area contributed by atoms with E-state index in [4.69, 9.17) is 24.9 Å². The highest BCUT2D eigenvalue weighted by molar-refractivity contribution is 5.88. The summed E-state index contributed by atoms with van der Waals surface area (Å²) >= 11 is 0. The zero-order chi connectivity index (χ0) is 39.9. The van der Waals surface area contributed by atoms with Crippen LogP contribution in [-0.4, -0.2) is 67.2 Å². The van der Waals surface area contributed by atoms with Crippen LogP contribution in [0.25, 0.3) is 22.2 Å². The normalized spacial score (nSPS) is 12.0. The van der Waals surface area contributed by atoms with Gasteiger partial charge in [0.2, 0.25) is 0 Å². The minimum Gasteiger partial charge on any atom is -0.493 e. The number of methoxy groups -OCH3 is 1. The molecule has 5 aromatic rings. The van der Waals surface area contributed by atoms with E-state index in [2.05, 4.69) is 30.6 Å². The van der Waals surface area contributed by atoms with Crippen LogP contribution in [0.2, 0.25) is 0 Å². The van der Waals surface area contributed by atoms with Crippen molar-refractivity contribution in [2.24, 2.45) is 0 Å². The monoisotopic (exact) mass is 738 g/mol. The lowest BCUT2D eigenvalue weighted by molar-refractivity contribution is -0.120. The summed E-state index contributed by atoms with van der Waals surface area (Å²) in [5.41, 5.74) is 8.82. The van der Waals surface area contributed by atoms with Crippen molar-refractivity contribution < 1.29 is 28.6 Å². The minimum atomic E-state index is -0.600. The van der Waals surface area contributed by atoms with Crippen molar-refractivity contribution >= 4 is 34.6 Å². The van der Waals surface area contributed by atoms with E-state index < -0.39 is 29.4 Å². The van der Waals surface area contributed by atoms with E-state index in [1.165, 1.54) is 0 Å². The largest absolute Gasteiger partial charge is 0.493 e. The molecule has 14 nitrogen and oxygen atoms in total. The van der Waals surface area contributed by atoms with Gasteiger partial charge >= 0.3 is 12.2 Å². The summed E-state index contributed by atoms with van der Waals surface area (Å²) in [6.07, 6.45) is 9.16. The number of nitrogen functional groups attached to an aromatic ring is 1. The molecule has 14 heteroatoms. The summed E-state index contributed by atoms with van der Waals surface area (Å²) < 4.78 is 15.3. The minimum absolute atomic E-state index is 0.107. The molecule has 0 aliphatic heterocycles. The maximum absolute atomic E-state index is 12.2. The van der Waals surface area contributed by atoms with Gasteiger partial charge in [0.25, 0.3) is 0 Å². The van der Waals surface area contributed by atoms with Gasteiger partial charge in [-0.3, -0.25) is 24.7 Å². The number of carbonyl (C=O) groups excluding carboxylic acids is 3. The molecule has 2 atom stereocenters. The molecule has 2 amide bonds. The number of ketones is 1. The van der Waals surface area contributed by atoms with E-state index in [0.29, 0.717) is 17.1 Å². The van der Waals surface area contributed by atoms with Crippen LogP contribution in [0.15, 0.2) is 91.8 Å². The Morgan fingerprint density at radius 1 is 0.778 bits per heavy atom. The van der Waals surface area contributed by atoms with Gasteiger partial charge in [-0.1, -0.05) is 12.1 Å². The second-order valence-corrected chi connectivity index (χ2v) is 14.0. The number of alkyl carbamates (subject to hydrolysis) is 2. The number of carbonyl (C=O) groups is 3. The first-order chi connectivity index (χ1) is 25.5. The van der Waals surface area contributed by atoms with Gasteiger partial charge in [-0.05, 0) is 97.9 Å². The first kappa shape index (κ1) is 42.2. The second-order valence-electron chi connectivity index (χ2n) is 14.0. The Labute approximate surface area is 316 Å². The van der Waals surface area contributed by atoms with Crippen LogP contribution in [0.4, 0.5) is 15.3 Å². The highest BCUT2D eigenvalue weighted by Crippen LogP contribution is 2.29.